The van der Waals surface area contributed by atoms with Gasteiger partial charge in [0, 0.05) is 25.8 Å². The van der Waals surface area contributed by atoms with E-state index in [0.717, 1.165) is 24.9 Å². The Hall–Kier alpha value is -1.65. The summed E-state index contributed by atoms with van der Waals surface area (Å²) in [6.45, 7) is 2.73. The fourth-order valence-electron chi connectivity index (χ4n) is 2.38. The number of hydrogen-bond donors (Lipinski definition) is 1. The third-order valence-corrected chi connectivity index (χ3v) is 3.55. The van der Waals surface area contributed by atoms with Gasteiger partial charge in [-0.05, 0) is 42.7 Å². The predicted octanol–water partition coefficient (Wildman–Crippen LogP) is 1.61. The van der Waals surface area contributed by atoms with Crippen molar-refractivity contribution >= 4 is 5.91 Å². The summed E-state index contributed by atoms with van der Waals surface area (Å²) in [6.07, 6.45) is 3.83. The maximum absolute atomic E-state index is 12.4. The van der Waals surface area contributed by atoms with Crippen molar-refractivity contribution < 1.29 is 9.53 Å². The van der Waals surface area contributed by atoms with Crippen LogP contribution in [-0.4, -0.2) is 44.2 Å². The molecule has 1 aromatic carbocycles. The lowest BCUT2D eigenvalue weighted by atomic mass is 10.1. The minimum absolute atomic E-state index is 0.0945. The smallest absolute Gasteiger partial charge is 0.254 e. The fourth-order valence-corrected chi connectivity index (χ4v) is 2.38. The number of hydrogen-bond acceptors (Lipinski definition) is 3. The number of nitrogens with two attached hydrogens (primary N) is 1. The first kappa shape index (κ1) is 14.8. The number of methoxy groups -OCH3 is 1. The number of rotatable bonds is 5. The Kier molecular flexibility index (Phi) is 5.32. The zero-order valence-electron chi connectivity index (χ0n) is 12.0. The van der Waals surface area contributed by atoms with Crippen LogP contribution >= 0.6 is 0 Å². The van der Waals surface area contributed by atoms with Gasteiger partial charge in [0.2, 0.25) is 0 Å². The van der Waals surface area contributed by atoms with Gasteiger partial charge in [-0.3, -0.25) is 4.79 Å². The molecule has 1 aromatic rings. The standard InChI is InChI=1S/C16H22N2O2/c1-20-12-14-7-10-18(11-8-14)16(19)15-4-2-13(3-5-15)6-9-17/h2-5,7H,6,8-12,17H2,1H3. The van der Waals surface area contributed by atoms with Gasteiger partial charge in [-0.25, -0.2) is 0 Å². The molecule has 1 amide bonds. The Morgan fingerprint density at radius 2 is 2.10 bits per heavy atom. The first-order valence-electron chi connectivity index (χ1n) is 6.99. The van der Waals surface area contributed by atoms with Gasteiger partial charge >= 0.3 is 0 Å². The molecular formula is C16H22N2O2. The molecular weight excluding hydrogens is 252 g/mol. The number of amides is 1. The van der Waals surface area contributed by atoms with Crippen LogP contribution < -0.4 is 5.73 Å². The van der Waals surface area contributed by atoms with Crippen molar-refractivity contribution in [2.75, 3.05) is 33.4 Å². The van der Waals surface area contributed by atoms with E-state index in [1.807, 2.05) is 29.2 Å². The quantitative estimate of drug-likeness (QED) is 0.830. The lowest BCUT2D eigenvalue weighted by molar-refractivity contribution is 0.0765. The number of carbonyl (C=O) groups is 1. The van der Waals surface area contributed by atoms with E-state index >= 15 is 0 Å². The van der Waals surface area contributed by atoms with Crippen LogP contribution in [0.3, 0.4) is 0 Å². The Balaban J connectivity index is 1.98. The Morgan fingerprint density at radius 3 is 2.65 bits per heavy atom. The van der Waals surface area contributed by atoms with Crippen LogP contribution in [-0.2, 0) is 11.2 Å². The van der Waals surface area contributed by atoms with Crippen molar-refractivity contribution in [3.05, 3.63) is 47.0 Å². The number of ether oxygens (including phenoxy) is 1. The van der Waals surface area contributed by atoms with Gasteiger partial charge in [0.25, 0.3) is 5.91 Å². The molecule has 0 aliphatic carbocycles. The maximum Gasteiger partial charge on any atom is 0.254 e. The first-order valence-corrected chi connectivity index (χ1v) is 6.99. The molecule has 0 aromatic heterocycles. The molecule has 0 radical (unpaired) electrons. The molecule has 0 spiro atoms. The lowest BCUT2D eigenvalue weighted by Gasteiger charge is -2.26. The van der Waals surface area contributed by atoms with E-state index in [1.54, 1.807) is 7.11 Å². The SMILES string of the molecule is COCC1=CCN(C(=O)c2ccc(CCN)cc2)CC1. The summed E-state index contributed by atoms with van der Waals surface area (Å²) >= 11 is 0. The van der Waals surface area contributed by atoms with E-state index in [2.05, 4.69) is 6.08 Å². The van der Waals surface area contributed by atoms with Crippen LogP contribution in [0.5, 0.6) is 0 Å². The minimum Gasteiger partial charge on any atom is -0.380 e. The number of benzene rings is 1. The predicted molar refractivity (Wildman–Crippen MR) is 79.7 cm³/mol. The number of nitrogens with zero attached hydrogens (tertiary/aromatic N) is 1. The molecule has 2 N–H and O–H groups in total. The summed E-state index contributed by atoms with van der Waals surface area (Å²) in [4.78, 5) is 14.2. The van der Waals surface area contributed by atoms with Crippen molar-refractivity contribution in [1.29, 1.82) is 0 Å². The first-order chi connectivity index (χ1) is 9.74. The van der Waals surface area contributed by atoms with Crippen molar-refractivity contribution in [2.45, 2.75) is 12.8 Å². The molecule has 4 nitrogen and oxygen atoms in total. The van der Waals surface area contributed by atoms with Crippen molar-refractivity contribution in [3.8, 4) is 0 Å². The van der Waals surface area contributed by atoms with E-state index in [4.69, 9.17) is 10.5 Å². The third-order valence-electron chi connectivity index (χ3n) is 3.55. The third kappa shape index (κ3) is 3.68. The van der Waals surface area contributed by atoms with Gasteiger partial charge in [-0.2, -0.15) is 0 Å². The molecule has 0 saturated heterocycles. The largest absolute Gasteiger partial charge is 0.380 e. The highest BCUT2D eigenvalue weighted by molar-refractivity contribution is 5.94. The van der Waals surface area contributed by atoms with Gasteiger partial charge in [-0.15, -0.1) is 0 Å². The average Bonchev–Trinajstić information content (AvgIpc) is 2.49. The topological polar surface area (TPSA) is 55.6 Å². The summed E-state index contributed by atoms with van der Waals surface area (Å²) < 4.78 is 5.12. The van der Waals surface area contributed by atoms with E-state index in [-0.39, 0.29) is 5.91 Å². The van der Waals surface area contributed by atoms with Crippen molar-refractivity contribution in [2.24, 2.45) is 5.73 Å². The van der Waals surface area contributed by atoms with Gasteiger partial charge in [0.05, 0.1) is 6.61 Å². The Morgan fingerprint density at radius 1 is 1.35 bits per heavy atom. The molecule has 0 saturated carbocycles. The molecule has 20 heavy (non-hydrogen) atoms. The summed E-state index contributed by atoms with van der Waals surface area (Å²) in [5.41, 5.74) is 8.71. The van der Waals surface area contributed by atoms with Crippen molar-refractivity contribution in [1.82, 2.24) is 4.90 Å². The maximum atomic E-state index is 12.4. The Bertz CT molecular complexity index is 480. The fraction of sp³-hybridized carbons (Fsp3) is 0.438. The second-order valence-corrected chi connectivity index (χ2v) is 5.03. The minimum atomic E-state index is 0.0945. The summed E-state index contributed by atoms with van der Waals surface area (Å²) in [7, 11) is 1.70. The summed E-state index contributed by atoms with van der Waals surface area (Å²) in [5, 5.41) is 0. The zero-order chi connectivity index (χ0) is 14.4. The summed E-state index contributed by atoms with van der Waals surface area (Å²) in [5.74, 6) is 0.0945. The highest BCUT2D eigenvalue weighted by atomic mass is 16.5. The molecule has 1 heterocycles. The van der Waals surface area contributed by atoms with Crippen LogP contribution in [0.4, 0.5) is 0 Å². The highest BCUT2D eigenvalue weighted by Gasteiger charge is 2.18. The molecule has 0 unspecified atom stereocenters. The van der Waals surface area contributed by atoms with Crippen LogP contribution in [0.25, 0.3) is 0 Å². The van der Waals surface area contributed by atoms with Gasteiger partial charge < -0.3 is 15.4 Å². The molecule has 0 atom stereocenters. The van der Waals surface area contributed by atoms with Crippen LogP contribution in [0.15, 0.2) is 35.9 Å². The van der Waals surface area contributed by atoms with Crippen LogP contribution in [0.2, 0.25) is 0 Å². The second kappa shape index (κ2) is 7.22. The summed E-state index contributed by atoms with van der Waals surface area (Å²) in [6, 6.07) is 7.75. The molecule has 1 aliphatic heterocycles. The molecule has 0 fully saturated rings. The number of carbonyl (C=O) groups excluding carboxylic acids is 1. The van der Waals surface area contributed by atoms with Crippen molar-refractivity contribution in [3.63, 3.8) is 0 Å². The van der Waals surface area contributed by atoms with Gasteiger partial charge in [-0.1, -0.05) is 18.2 Å². The second-order valence-electron chi connectivity index (χ2n) is 5.03. The zero-order valence-corrected chi connectivity index (χ0v) is 12.0. The lowest BCUT2D eigenvalue weighted by Crippen LogP contribution is -2.35. The van der Waals surface area contributed by atoms with Crippen LogP contribution in [0, 0.1) is 0 Å². The molecule has 4 heteroatoms. The van der Waals surface area contributed by atoms with E-state index < -0.39 is 0 Å². The average molecular weight is 274 g/mol. The molecule has 108 valence electrons. The normalized spacial score (nSPS) is 15.1. The Labute approximate surface area is 120 Å². The van der Waals surface area contributed by atoms with E-state index in [9.17, 15) is 4.79 Å². The molecule has 1 aliphatic rings. The molecule has 0 bridgehead atoms. The van der Waals surface area contributed by atoms with E-state index in [0.29, 0.717) is 19.7 Å². The highest BCUT2D eigenvalue weighted by Crippen LogP contribution is 2.14. The van der Waals surface area contributed by atoms with Gasteiger partial charge in [0.15, 0.2) is 0 Å². The van der Waals surface area contributed by atoms with Crippen LogP contribution in [0.1, 0.15) is 22.3 Å². The molecule has 2 rings (SSSR count). The monoisotopic (exact) mass is 274 g/mol. The van der Waals surface area contributed by atoms with Gasteiger partial charge in [0.1, 0.15) is 0 Å². The van der Waals surface area contributed by atoms with E-state index in [1.165, 1.54) is 11.1 Å².